The van der Waals surface area contributed by atoms with Crippen LogP contribution in [0.5, 0.6) is 0 Å². The van der Waals surface area contributed by atoms with Crippen molar-refractivity contribution in [2.75, 3.05) is 10.6 Å². The molecule has 1 fully saturated rings. The average molecular weight is 480 g/mol. The van der Waals surface area contributed by atoms with Crippen molar-refractivity contribution < 1.29 is 48.0 Å². The summed E-state index contributed by atoms with van der Waals surface area (Å²) in [6.45, 7) is 0. The van der Waals surface area contributed by atoms with Crippen LogP contribution >= 0.6 is 0 Å². The zero-order chi connectivity index (χ0) is 25.2. The summed E-state index contributed by atoms with van der Waals surface area (Å²) < 4.78 is 39.9. The van der Waals surface area contributed by atoms with Crippen LogP contribution in [0.1, 0.15) is 28.8 Å². The number of alkyl halides is 3. The Morgan fingerprint density at radius 2 is 1.50 bits per heavy atom. The van der Waals surface area contributed by atoms with Gasteiger partial charge in [-0.15, -0.1) is 0 Å². The number of halogens is 3. The Bertz CT molecular complexity index is 1110. The molecule has 3 rings (SSSR count). The highest BCUT2D eigenvalue weighted by Crippen LogP contribution is 2.37. The molecule has 0 aliphatic heterocycles. The number of aliphatic hydroxyl groups excluding tert-OH is 2. The van der Waals surface area contributed by atoms with Crippen molar-refractivity contribution in [2.24, 2.45) is 11.8 Å². The van der Waals surface area contributed by atoms with Gasteiger partial charge in [-0.05, 0) is 37.1 Å². The van der Waals surface area contributed by atoms with Gasteiger partial charge in [0, 0.05) is 29.1 Å². The molecule has 2 unspecified atom stereocenters. The lowest BCUT2D eigenvalue weighted by Gasteiger charge is -2.36. The number of anilines is 3. The molecule has 1 amide bonds. The van der Waals surface area contributed by atoms with E-state index in [-0.39, 0.29) is 16.9 Å². The number of para-hydroxylation sites is 1. The lowest BCUT2D eigenvalue weighted by Crippen LogP contribution is -2.49. The van der Waals surface area contributed by atoms with Crippen molar-refractivity contribution in [3.8, 4) is 0 Å². The van der Waals surface area contributed by atoms with Crippen LogP contribution in [0.25, 0.3) is 0 Å². The predicted molar refractivity (Wildman–Crippen MR) is 107 cm³/mol. The molecule has 0 heterocycles. The van der Waals surface area contributed by atoms with Crippen molar-refractivity contribution in [1.29, 1.82) is 0 Å². The second kappa shape index (κ2) is 9.69. The maximum absolute atomic E-state index is 13.3. The molecule has 2 aromatic carbocycles. The van der Waals surface area contributed by atoms with Crippen molar-refractivity contribution >= 4 is 34.9 Å². The van der Waals surface area contributed by atoms with Crippen LogP contribution in [0.15, 0.2) is 42.5 Å². The number of rotatable bonds is 6. The van der Waals surface area contributed by atoms with Gasteiger partial charge >= 0.3 is 6.18 Å². The van der Waals surface area contributed by atoms with Crippen LogP contribution in [0.3, 0.4) is 0 Å². The third kappa shape index (κ3) is 5.46. The Kier molecular flexibility index (Phi) is 7.12. The van der Waals surface area contributed by atoms with Crippen molar-refractivity contribution in [3.05, 3.63) is 53.6 Å². The van der Waals surface area contributed by atoms with Gasteiger partial charge in [0.1, 0.15) is 0 Å². The zero-order valence-corrected chi connectivity index (χ0v) is 17.3. The van der Waals surface area contributed by atoms with E-state index in [0.717, 1.165) is 6.07 Å². The number of carbonyl (C=O) groups is 3. The normalized spacial score (nSPS) is 22.6. The van der Waals surface area contributed by atoms with E-state index in [1.807, 2.05) is 0 Å². The summed E-state index contributed by atoms with van der Waals surface area (Å²) in [5.74, 6) is -7.11. The summed E-state index contributed by atoms with van der Waals surface area (Å²) in [6, 6.07) is 7.71. The SMILES string of the molecule is O=C([O-])c1ccccc1Nc1ccc(C(F)(F)F)cc1NC(=O)[C@H]1CC(O)C(O)C[C@H]1C(=O)[O-]. The molecule has 4 atom stereocenters. The fraction of sp³-hybridized carbons (Fsp3) is 0.318. The molecule has 1 aliphatic rings. The third-order valence-corrected chi connectivity index (χ3v) is 5.58. The minimum Gasteiger partial charge on any atom is -0.550 e. The molecular weight excluding hydrogens is 461 g/mol. The highest BCUT2D eigenvalue weighted by atomic mass is 19.4. The maximum atomic E-state index is 13.3. The fourth-order valence-corrected chi connectivity index (χ4v) is 3.79. The van der Waals surface area contributed by atoms with Crippen LogP contribution in [-0.4, -0.2) is 40.3 Å². The van der Waals surface area contributed by atoms with Crippen LogP contribution in [-0.2, 0) is 15.8 Å². The Morgan fingerprint density at radius 1 is 0.882 bits per heavy atom. The Morgan fingerprint density at radius 3 is 2.09 bits per heavy atom. The lowest BCUT2D eigenvalue weighted by molar-refractivity contribution is -0.315. The summed E-state index contributed by atoms with van der Waals surface area (Å²) in [4.78, 5) is 35.7. The summed E-state index contributed by atoms with van der Waals surface area (Å²) >= 11 is 0. The van der Waals surface area contributed by atoms with Crippen molar-refractivity contribution in [2.45, 2.75) is 31.2 Å². The first-order valence-electron chi connectivity index (χ1n) is 10.0. The average Bonchev–Trinajstić information content (AvgIpc) is 2.75. The van der Waals surface area contributed by atoms with Gasteiger partial charge in [0.25, 0.3) is 0 Å². The van der Waals surface area contributed by atoms with E-state index in [9.17, 15) is 48.0 Å². The number of hydrogen-bond donors (Lipinski definition) is 4. The first-order chi connectivity index (χ1) is 15.9. The van der Waals surface area contributed by atoms with E-state index >= 15 is 0 Å². The number of aliphatic hydroxyl groups is 2. The van der Waals surface area contributed by atoms with Gasteiger partial charge in [0.15, 0.2) is 0 Å². The van der Waals surface area contributed by atoms with Gasteiger partial charge in [-0.2, -0.15) is 13.2 Å². The van der Waals surface area contributed by atoms with Gasteiger partial charge in [-0.25, -0.2) is 0 Å². The molecule has 2 aromatic rings. The first kappa shape index (κ1) is 25.0. The van der Waals surface area contributed by atoms with E-state index < -0.39 is 72.2 Å². The second-order valence-electron chi connectivity index (χ2n) is 7.84. The summed E-state index contributed by atoms with van der Waals surface area (Å²) in [5, 5.41) is 47.3. The van der Waals surface area contributed by atoms with Crippen LogP contribution in [0, 0.1) is 11.8 Å². The fourth-order valence-electron chi connectivity index (χ4n) is 3.79. The van der Waals surface area contributed by atoms with Gasteiger partial charge in [-0.1, -0.05) is 18.2 Å². The number of carboxylic acid groups (broad SMARTS) is 2. The Hall–Kier alpha value is -3.64. The molecule has 0 radical (unpaired) electrons. The Labute approximate surface area is 190 Å². The molecule has 0 aromatic heterocycles. The standard InChI is InChI=1S/C22H21F3N2O7/c23-22(24,25)10-5-6-15(26-14-4-2-1-3-11(14)20(31)32)16(7-10)27-19(30)12-8-17(28)18(29)9-13(12)21(33)34/h1-7,12-13,17-18,26,28-29H,8-9H2,(H,27,30)(H,31,32)(H,33,34)/p-2/t12-,13+,17?,18?/m0/s1. The van der Waals surface area contributed by atoms with Crippen molar-refractivity contribution in [3.63, 3.8) is 0 Å². The minimum absolute atomic E-state index is 0.0263. The number of aromatic carboxylic acids is 1. The first-order valence-corrected chi connectivity index (χ1v) is 10.0. The van der Waals surface area contributed by atoms with Crippen LogP contribution in [0.2, 0.25) is 0 Å². The zero-order valence-electron chi connectivity index (χ0n) is 17.3. The predicted octanol–water partition coefficient (Wildman–Crippen LogP) is 0.249. The number of nitrogens with one attached hydrogen (secondary N) is 2. The molecule has 1 aliphatic carbocycles. The number of carboxylic acids is 2. The van der Waals surface area contributed by atoms with Crippen LogP contribution in [0.4, 0.5) is 30.2 Å². The van der Waals surface area contributed by atoms with Gasteiger partial charge < -0.3 is 40.6 Å². The van der Waals surface area contributed by atoms with E-state index in [1.54, 1.807) is 0 Å². The van der Waals surface area contributed by atoms with Crippen LogP contribution < -0.4 is 20.8 Å². The van der Waals surface area contributed by atoms with Crippen molar-refractivity contribution in [1.82, 2.24) is 0 Å². The number of hydrogen-bond acceptors (Lipinski definition) is 8. The largest absolute Gasteiger partial charge is 0.550 e. The highest BCUT2D eigenvalue weighted by molar-refractivity contribution is 5.99. The number of benzene rings is 2. The molecule has 0 saturated heterocycles. The molecule has 0 spiro atoms. The van der Waals surface area contributed by atoms with E-state index in [0.29, 0.717) is 12.1 Å². The molecule has 12 heteroatoms. The van der Waals surface area contributed by atoms with Gasteiger partial charge in [-0.3, -0.25) is 4.79 Å². The molecule has 182 valence electrons. The van der Waals surface area contributed by atoms with E-state index in [2.05, 4.69) is 10.6 Å². The number of aliphatic carboxylic acids is 1. The molecule has 9 nitrogen and oxygen atoms in total. The lowest BCUT2D eigenvalue weighted by atomic mass is 9.76. The molecule has 1 saturated carbocycles. The smallest absolute Gasteiger partial charge is 0.416 e. The van der Waals surface area contributed by atoms with E-state index in [4.69, 9.17) is 0 Å². The maximum Gasteiger partial charge on any atom is 0.416 e. The number of amides is 1. The number of carbonyl (C=O) groups excluding carboxylic acids is 3. The monoisotopic (exact) mass is 480 g/mol. The topological polar surface area (TPSA) is 162 Å². The molecule has 4 N–H and O–H groups in total. The van der Waals surface area contributed by atoms with E-state index in [1.165, 1.54) is 24.3 Å². The third-order valence-electron chi connectivity index (χ3n) is 5.58. The minimum atomic E-state index is -4.78. The van der Waals surface area contributed by atoms with Gasteiger partial charge in [0.2, 0.25) is 5.91 Å². The Balaban J connectivity index is 1.98. The molecule has 34 heavy (non-hydrogen) atoms. The quantitative estimate of drug-likeness (QED) is 0.457. The molecule has 0 bridgehead atoms. The van der Waals surface area contributed by atoms with Gasteiger partial charge in [0.05, 0.1) is 35.1 Å². The highest BCUT2D eigenvalue weighted by Gasteiger charge is 2.40. The summed E-state index contributed by atoms with van der Waals surface area (Å²) in [6.07, 6.45) is -8.53. The second-order valence-corrected chi connectivity index (χ2v) is 7.84. The molecular formula is C22H19F3N2O7-2. The summed E-state index contributed by atoms with van der Waals surface area (Å²) in [7, 11) is 0. The summed E-state index contributed by atoms with van der Waals surface area (Å²) in [5.41, 5.74) is -1.97.